The van der Waals surface area contributed by atoms with Gasteiger partial charge in [0.2, 0.25) is 0 Å². The molecule has 0 aromatic heterocycles. The predicted molar refractivity (Wildman–Crippen MR) is 81.9 cm³/mol. The van der Waals surface area contributed by atoms with Crippen molar-refractivity contribution in [3.8, 4) is 0 Å². The molecule has 0 saturated heterocycles. The molecule has 3 aromatic carbocycles. The second-order valence-corrected chi connectivity index (χ2v) is 4.59. The summed E-state index contributed by atoms with van der Waals surface area (Å²) in [5.74, 6) is -2.65. The predicted octanol–water partition coefficient (Wildman–Crippen LogP) is 5.55. The van der Waals surface area contributed by atoms with Crippen LogP contribution in [-0.2, 0) is 21.7 Å². The quantitative estimate of drug-likeness (QED) is 0.278. The average Bonchev–Trinajstić information content (AvgIpc) is 2.83. The van der Waals surface area contributed by atoms with Gasteiger partial charge in [-0.25, -0.2) is 29.7 Å². The number of aryl methyl sites for hydroxylation is 2. The SMILES string of the molecule is Cc1ccc[c-]1C.Fc1[c-]c(F)ccc1.Fc1[c-]c(F)ccc1.[Ti+3]. The Bertz CT molecular complexity index is 628. The number of hydrogen-bond acceptors (Lipinski definition) is 0. The second-order valence-electron chi connectivity index (χ2n) is 4.59. The molecular formula is C19H15F4Ti. The minimum absolute atomic E-state index is 0. The van der Waals surface area contributed by atoms with Crippen molar-refractivity contribution in [2.45, 2.75) is 13.8 Å². The fraction of sp³-hybridized carbons (Fsp3) is 0.105. The summed E-state index contributed by atoms with van der Waals surface area (Å²) in [6.07, 6.45) is 0. The van der Waals surface area contributed by atoms with E-state index in [9.17, 15) is 17.6 Å². The van der Waals surface area contributed by atoms with Gasteiger partial charge in [0.25, 0.3) is 0 Å². The molecule has 0 saturated carbocycles. The van der Waals surface area contributed by atoms with Crippen molar-refractivity contribution in [3.63, 3.8) is 0 Å². The smallest absolute Gasteiger partial charge is 0.236 e. The van der Waals surface area contributed by atoms with Gasteiger partial charge in [-0.15, -0.1) is 36.4 Å². The van der Waals surface area contributed by atoms with Gasteiger partial charge in [0, 0.05) is 23.3 Å². The third kappa shape index (κ3) is 9.38. The molecule has 3 aromatic rings. The molecule has 0 N–H and O–H groups in total. The summed E-state index contributed by atoms with van der Waals surface area (Å²) in [5, 5.41) is 0. The van der Waals surface area contributed by atoms with Crippen molar-refractivity contribution >= 4 is 0 Å². The van der Waals surface area contributed by atoms with Crippen LogP contribution in [0.3, 0.4) is 0 Å². The fourth-order valence-corrected chi connectivity index (χ4v) is 1.43. The molecule has 0 aliphatic heterocycles. The third-order valence-electron chi connectivity index (χ3n) is 2.76. The van der Waals surface area contributed by atoms with E-state index in [0.717, 1.165) is 24.3 Å². The fourth-order valence-electron chi connectivity index (χ4n) is 1.43. The Hall–Kier alpha value is -1.78. The zero-order chi connectivity index (χ0) is 17.2. The molecule has 0 nitrogen and oxygen atoms in total. The summed E-state index contributed by atoms with van der Waals surface area (Å²) in [6, 6.07) is 17.1. The van der Waals surface area contributed by atoms with E-state index in [1.54, 1.807) is 0 Å². The normalized spacial score (nSPS) is 8.92. The van der Waals surface area contributed by atoms with E-state index < -0.39 is 23.3 Å². The molecule has 123 valence electrons. The van der Waals surface area contributed by atoms with Crippen LogP contribution in [0.15, 0.2) is 54.6 Å². The van der Waals surface area contributed by atoms with E-state index in [2.05, 4.69) is 32.0 Å². The average molecular weight is 367 g/mol. The van der Waals surface area contributed by atoms with Crippen molar-refractivity contribution in [2.75, 3.05) is 0 Å². The first-order valence-electron chi connectivity index (χ1n) is 6.74. The van der Waals surface area contributed by atoms with Crippen LogP contribution >= 0.6 is 0 Å². The monoisotopic (exact) mass is 367 g/mol. The summed E-state index contributed by atoms with van der Waals surface area (Å²) < 4.78 is 47.5. The molecule has 0 bridgehead atoms. The molecule has 0 aliphatic carbocycles. The third-order valence-corrected chi connectivity index (χ3v) is 2.76. The summed E-state index contributed by atoms with van der Waals surface area (Å²) in [5.41, 5.74) is 2.78. The Morgan fingerprint density at radius 2 is 1.08 bits per heavy atom. The zero-order valence-electron chi connectivity index (χ0n) is 13.2. The first-order chi connectivity index (χ1) is 10.9. The largest absolute Gasteiger partial charge is 3.00 e. The van der Waals surface area contributed by atoms with Crippen LogP contribution in [-0.4, -0.2) is 0 Å². The van der Waals surface area contributed by atoms with E-state index in [4.69, 9.17) is 0 Å². The van der Waals surface area contributed by atoms with Crippen molar-refractivity contribution in [1.82, 2.24) is 0 Å². The van der Waals surface area contributed by atoms with Gasteiger partial charge in [-0.3, -0.25) is 0 Å². The van der Waals surface area contributed by atoms with Gasteiger partial charge >= 0.3 is 21.7 Å². The maximum atomic E-state index is 11.9. The van der Waals surface area contributed by atoms with Gasteiger partial charge in [0.1, 0.15) is 0 Å². The van der Waals surface area contributed by atoms with Crippen LogP contribution in [0.2, 0.25) is 0 Å². The maximum absolute atomic E-state index is 11.9. The van der Waals surface area contributed by atoms with Gasteiger partial charge in [-0.05, 0) is 0 Å². The summed E-state index contributed by atoms with van der Waals surface area (Å²) in [4.78, 5) is 0. The molecule has 0 aliphatic rings. The molecular weight excluding hydrogens is 352 g/mol. The summed E-state index contributed by atoms with van der Waals surface area (Å²) in [6.45, 7) is 4.24. The Kier molecular flexibility index (Phi) is 10.8. The van der Waals surface area contributed by atoms with Crippen LogP contribution in [0.1, 0.15) is 11.1 Å². The molecule has 1 radical (unpaired) electrons. The van der Waals surface area contributed by atoms with Crippen LogP contribution < -0.4 is 0 Å². The van der Waals surface area contributed by atoms with E-state index in [1.165, 1.54) is 23.3 Å². The molecule has 0 fully saturated rings. The summed E-state index contributed by atoms with van der Waals surface area (Å²) in [7, 11) is 0. The molecule has 0 amide bonds. The van der Waals surface area contributed by atoms with E-state index in [1.807, 2.05) is 12.1 Å². The second kappa shape index (κ2) is 11.7. The van der Waals surface area contributed by atoms with E-state index in [-0.39, 0.29) is 21.7 Å². The number of halogens is 4. The Morgan fingerprint density at radius 3 is 1.21 bits per heavy atom. The van der Waals surface area contributed by atoms with Crippen molar-refractivity contribution in [3.05, 3.63) is 101 Å². The van der Waals surface area contributed by atoms with Gasteiger partial charge < -0.3 is 0 Å². The number of hydrogen-bond donors (Lipinski definition) is 0. The van der Waals surface area contributed by atoms with Crippen molar-refractivity contribution < 1.29 is 39.3 Å². The Labute approximate surface area is 154 Å². The van der Waals surface area contributed by atoms with Crippen LogP contribution in [0.5, 0.6) is 0 Å². The topological polar surface area (TPSA) is 0 Å². The van der Waals surface area contributed by atoms with Crippen LogP contribution in [0.25, 0.3) is 0 Å². The molecule has 0 unspecified atom stereocenters. The number of rotatable bonds is 0. The first-order valence-corrected chi connectivity index (χ1v) is 6.74. The Morgan fingerprint density at radius 1 is 0.708 bits per heavy atom. The molecule has 24 heavy (non-hydrogen) atoms. The molecule has 5 heteroatoms. The maximum Gasteiger partial charge on any atom is 3.00 e. The van der Waals surface area contributed by atoms with Crippen LogP contribution in [0.4, 0.5) is 17.6 Å². The van der Waals surface area contributed by atoms with Crippen LogP contribution in [0, 0.1) is 49.2 Å². The Balaban J connectivity index is 0.000000325. The van der Waals surface area contributed by atoms with Gasteiger partial charge in [0.15, 0.2) is 0 Å². The van der Waals surface area contributed by atoms with Gasteiger partial charge in [-0.2, -0.15) is 29.3 Å². The van der Waals surface area contributed by atoms with Crippen molar-refractivity contribution in [1.29, 1.82) is 0 Å². The van der Waals surface area contributed by atoms with E-state index in [0.29, 0.717) is 0 Å². The summed E-state index contributed by atoms with van der Waals surface area (Å²) >= 11 is 0. The van der Waals surface area contributed by atoms with Gasteiger partial charge in [0.05, 0.1) is 0 Å². The molecule has 0 spiro atoms. The minimum Gasteiger partial charge on any atom is -0.236 e. The van der Waals surface area contributed by atoms with E-state index >= 15 is 0 Å². The first kappa shape index (κ1) is 22.2. The zero-order valence-corrected chi connectivity index (χ0v) is 14.8. The van der Waals surface area contributed by atoms with Gasteiger partial charge in [-0.1, -0.05) is 13.8 Å². The molecule has 0 heterocycles. The van der Waals surface area contributed by atoms with Crippen molar-refractivity contribution in [2.24, 2.45) is 0 Å². The molecule has 3 rings (SSSR count). The standard InChI is InChI=1S/C7H9.2C6H3F2.Ti/c1-6-4-3-5-7(6)2;2*7-5-2-1-3-6(8)4-5;/h3-5H,1-2H3;2*1-3H;/q3*-1;+3. The molecule has 0 atom stereocenters. The number of benzene rings is 2. The minimum atomic E-state index is -0.662.